The van der Waals surface area contributed by atoms with Gasteiger partial charge in [0.1, 0.15) is 5.78 Å². The number of alkyl halides is 3. The Labute approximate surface area is 85.1 Å². The highest BCUT2D eigenvalue weighted by Gasteiger charge is 2.30. The maximum atomic E-state index is 12.1. The van der Waals surface area contributed by atoms with Gasteiger partial charge in [0.25, 0.3) is 0 Å². The Morgan fingerprint density at radius 2 is 2.07 bits per heavy atom. The van der Waals surface area contributed by atoms with Crippen molar-refractivity contribution in [2.75, 3.05) is 0 Å². The fourth-order valence-electron chi connectivity index (χ4n) is 1.02. The number of hydrogen-bond acceptors (Lipinski definition) is 2. The van der Waals surface area contributed by atoms with E-state index in [1.54, 1.807) is 6.92 Å². The standard InChI is InChI=1S/C10H10F3NO/c1-2-9(15)5-8-4-3-7(6-14-8)10(11,12)13/h3-4,6H,2,5H2,1H3. The molecule has 0 aromatic carbocycles. The molecule has 82 valence electrons. The van der Waals surface area contributed by atoms with Gasteiger partial charge < -0.3 is 0 Å². The van der Waals surface area contributed by atoms with Crippen LogP contribution in [0.1, 0.15) is 24.6 Å². The van der Waals surface area contributed by atoms with Crippen LogP contribution in [-0.2, 0) is 17.4 Å². The lowest BCUT2D eigenvalue weighted by Crippen LogP contribution is -2.07. The fourth-order valence-corrected chi connectivity index (χ4v) is 1.02. The van der Waals surface area contributed by atoms with Crippen molar-refractivity contribution in [1.29, 1.82) is 0 Å². The average molecular weight is 217 g/mol. The first kappa shape index (κ1) is 11.7. The lowest BCUT2D eigenvalue weighted by atomic mass is 10.1. The van der Waals surface area contributed by atoms with Crippen LogP contribution >= 0.6 is 0 Å². The zero-order valence-corrected chi connectivity index (χ0v) is 8.14. The van der Waals surface area contributed by atoms with Crippen LogP contribution in [-0.4, -0.2) is 10.8 Å². The van der Waals surface area contributed by atoms with Crippen molar-refractivity contribution in [3.63, 3.8) is 0 Å². The smallest absolute Gasteiger partial charge is 0.299 e. The number of pyridine rings is 1. The Bertz CT molecular complexity index is 343. The van der Waals surface area contributed by atoms with Crippen molar-refractivity contribution in [2.24, 2.45) is 0 Å². The average Bonchev–Trinajstić information content (AvgIpc) is 2.17. The Hall–Kier alpha value is -1.39. The first-order valence-electron chi connectivity index (χ1n) is 4.47. The van der Waals surface area contributed by atoms with Gasteiger partial charge in [0.05, 0.1) is 5.56 Å². The quantitative estimate of drug-likeness (QED) is 0.778. The summed E-state index contributed by atoms with van der Waals surface area (Å²) in [5.41, 5.74) is -0.426. The summed E-state index contributed by atoms with van der Waals surface area (Å²) in [5.74, 6) is -0.0396. The molecular weight excluding hydrogens is 207 g/mol. The summed E-state index contributed by atoms with van der Waals surface area (Å²) >= 11 is 0. The molecule has 0 aliphatic heterocycles. The van der Waals surface area contributed by atoms with E-state index in [2.05, 4.69) is 4.98 Å². The van der Waals surface area contributed by atoms with Gasteiger partial charge in [-0.05, 0) is 12.1 Å². The normalized spacial score (nSPS) is 11.5. The van der Waals surface area contributed by atoms with Gasteiger partial charge in [0.15, 0.2) is 0 Å². The monoisotopic (exact) mass is 217 g/mol. The minimum atomic E-state index is -4.37. The van der Waals surface area contributed by atoms with Crippen molar-refractivity contribution in [1.82, 2.24) is 4.98 Å². The molecule has 0 aliphatic carbocycles. The second-order valence-electron chi connectivity index (χ2n) is 3.10. The van der Waals surface area contributed by atoms with Crippen LogP contribution in [0, 0.1) is 0 Å². The molecule has 0 amide bonds. The van der Waals surface area contributed by atoms with E-state index in [4.69, 9.17) is 0 Å². The molecule has 1 heterocycles. The third kappa shape index (κ3) is 3.34. The number of hydrogen-bond donors (Lipinski definition) is 0. The molecule has 5 heteroatoms. The fraction of sp³-hybridized carbons (Fsp3) is 0.400. The Morgan fingerprint density at radius 3 is 2.47 bits per heavy atom. The van der Waals surface area contributed by atoms with Crippen LogP contribution in [0.3, 0.4) is 0 Å². The third-order valence-electron chi connectivity index (χ3n) is 1.92. The second kappa shape index (κ2) is 4.42. The molecule has 0 radical (unpaired) electrons. The zero-order chi connectivity index (χ0) is 11.5. The summed E-state index contributed by atoms with van der Waals surface area (Å²) in [6.45, 7) is 1.70. The Kier molecular flexibility index (Phi) is 3.44. The van der Waals surface area contributed by atoms with Gasteiger partial charge in [-0.2, -0.15) is 13.2 Å². The maximum absolute atomic E-state index is 12.1. The molecule has 1 aromatic heterocycles. The molecule has 0 unspecified atom stereocenters. The summed E-state index contributed by atoms with van der Waals surface area (Å²) in [4.78, 5) is 14.6. The Morgan fingerprint density at radius 1 is 1.40 bits per heavy atom. The van der Waals surface area contributed by atoms with E-state index in [1.807, 2.05) is 0 Å². The van der Waals surface area contributed by atoms with E-state index in [9.17, 15) is 18.0 Å². The number of nitrogens with zero attached hydrogens (tertiary/aromatic N) is 1. The molecule has 0 fully saturated rings. The number of carbonyl (C=O) groups excluding carboxylic acids is 1. The van der Waals surface area contributed by atoms with E-state index < -0.39 is 11.7 Å². The summed E-state index contributed by atoms with van der Waals surface area (Å²) in [7, 11) is 0. The highest BCUT2D eigenvalue weighted by atomic mass is 19.4. The topological polar surface area (TPSA) is 30.0 Å². The second-order valence-corrected chi connectivity index (χ2v) is 3.10. The highest BCUT2D eigenvalue weighted by molar-refractivity contribution is 5.80. The molecule has 0 N–H and O–H groups in total. The lowest BCUT2D eigenvalue weighted by molar-refractivity contribution is -0.137. The van der Waals surface area contributed by atoms with Crippen LogP contribution in [0.4, 0.5) is 13.2 Å². The maximum Gasteiger partial charge on any atom is 0.417 e. The van der Waals surface area contributed by atoms with Crippen LogP contribution in [0.15, 0.2) is 18.3 Å². The van der Waals surface area contributed by atoms with E-state index in [-0.39, 0.29) is 12.2 Å². The summed E-state index contributed by atoms with van der Waals surface area (Å²) in [5, 5.41) is 0. The minimum Gasteiger partial charge on any atom is -0.299 e. The molecule has 0 aliphatic rings. The molecule has 15 heavy (non-hydrogen) atoms. The number of rotatable bonds is 3. The van der Waals surface area contributed by atoms with Gasteiger partial charge in [-0.3, -0.25) is 9.78 Å². The predicted molar refractivity (Wildman–Crippen MR) is 48.2 cm³/mol. The van der Waals surface area contributed by atoms with Gasteiger partial charge in [0.2, 0.25) is 0 Å². The molecule has 0 saturated heterocycles. The first-order valence-corrected chi connectivity index (χ1v) is 4.47. The van der Waals surface area contributed by atoms with Crippen LogP contribution in [0.25, 0.3) is 0 Å². The van der Waals surface area contributed by atoms with E-state index in [0.29, 0.717) is 12.1 Å². The van der Waals surface area contributed by atoms with E-state index in [1.165, 1.54) is 6.07 Å². The summed E-state index contributed by atoms with van der Waals surface area (Å²) < 4.78 is 36.4. The minimum absolute atomic E-state index is 0.0396. The number of carbonyl (C=O) groups is 1. The van der Waals surface area contributed by atoms with Crippen LogP contribution in [0.2, 0.25) is 0 Å². The van der Waals surface area contributed by atoms with Gasteiger partial charge in [-0.1, -0.05) is 6.92 Å². The SMILES string of the molecule is CCC(=O)Cc1ccc(C(F)(F)F)cn1. The molecule has 0 atom stereocenters. The summed E-state index contributed by atoms with van der Waals surface area (Å²) in [6.07, 6.45) is -3.17. The molecule has 1 rings (SSSR count). The van der Waals surface area contributed by atoms with E-state index in [0.717, 1.165) is 12.3 Å². The van der Waals surface area contributed by atoms with E-state index >= 15 is 0 Å². The number of ketones is 1. The van der Waals surface area contributed by atoms with Gasteiger partial charge in [0, 0.05) is 24.7 Å². The summed E-state index contributed by atoms with van der Waals surface area (Å²) in [6, 6.07) is 2.17. The number of Topliss-reactive ketones (excluding diaryl/α,β-unsaturated/α-hetero) is 1. The molecule has 0 bridgehead atoms. The zero-order valence-electron chi connectivity index (χ0n) is 8.14. The van der Waals surface area contributed by atoms with Crippen LogP contribution < -0.4 is 0 Å². The van der Waals surface area contributed by atoms with Gasteiger partial charge in [-0.15, -0.1) is 0 Å². The van der Waals surface area contributed by atoms with Crippen molar-refractivity contribution in [3.8, 4) is 0 Å². The highest BCUT2D eigenvalue weighted by Crippen LogP contribution is 2.28. The lowest BCUT2D eigenvalue weighted by Gasteiger charge is -2.06. The van der Waals surface area contributed by atoms with Crippen molar-refractivity contribution in [3.05, 3.63) is 29.6 Å². The molecule has 1 aromatic rings. The predicted octanol–water partition coefficient (Wildman–Crippen LogP) is 2.62. The van der Waals surface area contributed by atoms with Crippen molar-refractivity contribution >= 4 is 5.78 Å². The third-order valence-corrected chi connectivity index (χ3v) is 1.92. The first-order chi connectivity index (χ1) is 6.93. The number of halogens is 3. The largest absolute Gasteiger partial charge is 0.417 e. The van der Waals surface area contributed by atoms with Crippen molar-refractivity contribution < 1.29 is 18.0 Å². The molecular formula is C10H10F3NO. The molecule has 0 saturated carbocycles. The number of aromatic nitrogens is 1. The molecule has 0 spiro atoms. The van der Waals surface area contributed by atoms with Crippen LogP contribution in [0.5, 0.6) is 0 Å². The van der Waals surface area contributed by atoms with Gasteiger partial charge in [-0.25, -0.2) is 0 Å². The van der Waals surface area contributed by atoms with Gasteiger partial charge >= 0.3 is 6.18 Å². The Balaban J connectivity index is 2.77. The molecule has 2 nitrogen and oxygen atoms in total. The van der Waals surface area contributed by atoms with Crippen molar-refractivity contribution in [2.45, 2.75) is 25.9 Å².